The molecule has 4 heteroatoms. The van der Waals surface area contributed by atoms with Crippen LogP contribution in [0.15, 0.2) is 48.5 Å². The van der Waals surface area contributed by atoms with Crippen LogP contribution in [0.5, 0.6) is 0 Å². The zero-order valence-corrected chi connectivity index (χ0v) is 13.8. The molecule has 1 heterocycles. The van der Waals surface area contributed by atoms with Crippen LogP contribution in [0.2, 0.25) is 0 Å². The third-order valence-corrected chi connectivity index (χ3v) is 3.65. The topological polar surface area (TPSA) is 49.8 Å². The van der Waals surface area contributed by atoms with Crippen molar-refractivity contribution in [1.82, 2.24) is 9.97 Å². The van der Waals surface area contributed by atoms with E-state index in [0.717, 1.165) is 28.8 Å². The highest BCUT2D eigenvalue weighted by molar-refractivity contribution is 5.90. The lowest BCUT2D eigenvalue weighted by molar-refractivity contribution is 0.891. The van der Waals surface area contributed by atoms with E-state index in [9.17, 15) is 0 Å². The minimum absolute atomic E-state index is 0.310. The van der Waals surface area contributed by atoms with Crippen molar-refractivity contribution in [3.8, 4) is 0 Å². The maximum atomic E-state index is 4.65. The van der Waals surface area contributed by atoms with Gasteiger partial charge in [-0.2, -0.15) is 4.98 Å². The summed E-state index contributed by atoms with van der Waals surface area (Å²) >= 11 is 0. The molecule has 0 aliphatic heterocycles. The Morgan fingerprint density at radius 2 is 1.70 bits per heavy atom. The van der Waals surface area contributed by atoms with Crippen LogP contribution < -0.4 is 10.6 Å². The molecule has 3 rings (SSSR count). The van der Waals surface area contributed by atoms with E-state index in [-0.39, 0.29) is 0 Å². The van der Waals surface area contributed by atoms with Gasteiger partial charge in [0.15, 0.2) is 0 Å². The fraction of sp³-hybridized carbons (Fsp3) is 0.263. The molecule has 3 aromatic rings. The van der Waals surface area contributed by atoms with Gasteiger partial charge in [0.1, 0.15) is 5.82 Å². The van der Waals surface area contributed by atoms with Crippen LogP contribution in [-0.2, 0) is 6.42 Å². The number of aromatic nitrogens is 2. The van der Waals surface area contributed by atoms with E-state index in [2.05, 4.69) is 65.6 Å². The number of nitrogens with zero attached hydrogens (tertiary/aromatic N) is 2. The van der Waals surface area contributed by atoms with Crippen molar-refractivity contribution in [3.63, 3.8) is 0 Å². The Hall–Kier alpha value is -2.62. The van der Waals surface area contributed by atoms with Crippen molar-refractivity contribution < 1.29 is 0 Å². The normalized spacial score (nSPS) is 11.0. The Labute approximate surface area is 137 Å². The predicted molar refractivity (Wildman–Crippen MR) is 97.4 cm³/mol. The molecule has 0 fully saturated rings. The number of para-hydroxylation sites is 1. The second-order valence-corrected chi connectivity index (χ2v) is 5.89. The smallest absolute Gasteiger partial charge is 0.229 e. The van der Waals surface area contributed by atoms with E-state index in [0.29, 0.717) is 12.0 Å². The highest BCUT2D eigenvalue weighted by Gasteiger charge is 2.08. The van der Waals surface area contributed by atoms with Gasteiger partial charge in [-0.15, -0.1) is 0 Å². The van der Waals surface area contributed by atoms with Gasteiger partial charge in [0.25, 0.3) is 0 Å². The second kappa shape index (κ2) is 6.65. The third kappa shape index (κ3) is 3.59. The monoisotopic (exact) mass is 306 g/mol. The Kier molecular flexibility index (Phi) is 4.42. The highest BCUT2D eigenvalue weighted by Crippen LogP contribution is 2.24. The maximum Gasteiger partial charge on any atom is 0.229 e. The number of benzene rings is 2. The van der Waals surface area contributed by atoms with Crippen LogP contribution in [0.3, 0.4) is 0 Å². The SMILES string of the molecule is CCc1ccc(Nc2nc(NC(C)C)c3ccccc3n2)cc1. The van der Waals surface area contributed by atoms with Crippen LogP contribution in [0.25, 0.3) is 10.9 Å². The largest absolute Gasteiger partial charge is 0.367 e. The molecule has 0 aliphatic carbocycles. The van der Waals surface area contributed by atoms with Gasteiger partial charge in [-0.05, 0) is 50.1 Å². The van der Waals surface area contributed by atoms with Gasteiger partial charge in [0.2, 0.25) is 5.95 Å². The summed E-state index contributed by atoms with van der Waals surface area (Å²) in [4.78, 5) is 9.26. The molecule has 0 radical (unpaired) electrons. The molecule has 0 amide bonds. The van der Waals surface area contributed by atoms with Crippen molar-refractivity contribution in [2.75, 3.05) is 10.6 Å². The molecule has 1 aromatic heterocycles. The molecule has 0 unspecified atom stereocenters. The lowest BCUT2D eigenvalue weighted by Gasteiger charge is -2.14. The fourth-order valence-corrected chi connectivity index (χ4v) is 2.47. The number of fused-ring (bicyclic) bond motifs is 1. The van der Waals surface area contributed by atoms with E-state index in [1.54, 1.807) is 0 Å². The summed E-state index contributed by atoms with van der Waals surface area (Å²) in [5.41, 5.74) is 3.24. The van der Waals surface area contributed by atoms with Crippen LogP contribution in [-0.4, -0.2) is 16.0 Å². The van der Waals surface area contributed by atoms with Crippen molar-refractivity contribution in [3.05, 3.63) is 54.1 Å². The summed E-state index contributed by atoms with van der Waals surface area (Å²) in [6, 6.07) is 16.7. The van der Waals surface area contributed by atoms with Gasteiger partial charge in [0, 0.05) is 17.1 Å². The number of anilines is 3. The molecule has 4 nitrogen and oxygen atoms in total. The van der Waals surface area contributed by atoms with Crippen molar-refractivity contribution in [1.29, 1.82) is 0 Å². The lowest BCUT2D eigenvalue weighted by Crippen LogP contribution is -2.12. The van der Waals surface area contributed by atoms with Gasteiger partial charge in [-0.3, -0.25) is 0 Å². The minimum atomic E-state index is 0.310. The molecular formula is C19H22N4. The molecule has 0 aliphatic rings. The van der Waals surface area contributed by atoms with Crippen molar-refractivity contribution in [2.24, 2.45) is 0 Å². The average Bonchev–Trinajstić information content (AvgIpc) is 2.55. The van der Waals surface area contributed by atoms with Gasteiger partial charge in [0.05, 0.1) is 5.52 Å². The van der Waals surface area contributed by atoms with Crippen molar-refractivity contribution >= 4 is 28.4 Å². The van der Waals surface area contributed by atoms with Gasteiger partial charge in [-0.1, -0.05) is 31.2 Å². The third-order valence-electron chi connectivity index (χ3n) is 3.65. The van der Waals surface area contributed by atoms with Crippen molar-refractivity contribution in [2.45, 2.75) is 33.2 Å². The molecule has 0 spiro atoms. The van der Waals surface area contributed by atoms with E-state index < -0.39 is 0 Å². The summed E-state index contributed by atoms with van der Waals surface area (Å²) in [5.74, 6) is 1.47. The Morgan fingerprint density at radius 3 is 2.39 bits per heavy atom. The second-order valence-electron chi connectivity index (χ2n) is 5.89. The Balaban J connectivity index is 1.96. The molecule has 0 bridgehead atoms. The fourth-order valence-electron chi connectivity index (χ4n) is 2.47. The molecule has 2 N–H and O–H groups in total. The van der Waals surface area contributed by atoms with E-state index in [4.69, 9.17) is 0 Å². The molecule has 0 saturated heterocycles. The molecule has 2 aromatic carbocycles. The van der Waals surface area contributed by atoms with Crippen LogP contribution in [0.4, 0.5) is 17.5 Å². The lowest BCUT2D eigenvalue weighted by atomic mass is 10.1. The Morgan fingerprint density at radius 1 is 0.957 bits per heavy atom. The zero-order valence-electron chi connectivity index (χ0n) is 13.8. The summed E-state index contributed by atoms with van der Waals surface area (Å²) in [6.07, 6.45) is 1.04. The molecule has 118 valence electrons. The molecule has 0 saturated carbocycles. The maximum absolute atomic E-state index is 4.65. The first-order chi connectivity index (χ1) is 11.2. The highest BCUT2D eigenvalue weighted by atomic mass is 15.1. The van der Waals surface area contributed by atoms with Gasteiger partial charge < -0.3 is 10.6 Å². The predicted octanol–water partition coefficient (Wildman–Crippen LogP) is 4.76. The number of hydrogen-bond donors (Lipinski definition) is 2. The molecule has 0 atom stereocenters. The number of aryl methyl sites for hydroxylation is 1. The summed E-state index contributed by atoms with van der Waals surface area (Å²) < 4.78 is 0. The number of rotatable bonds is 5. The molecule has 23 heavy (non-hydrogen) atoms. The Bertz CT molecular complexity index is 794. The number of hydrogen-bond acceptors (Lipinski definition) is 4. The number of nitrogens with one attached hydrogen (secondary N) is 2. The summed E-state index contributed by atoms with van der Waals surface area (Å²) in [7, 11) is 0. The van der Waals surface area contributed by atoms with Gasteiger partial charge in [-0.25, -0.2) is 4.98 Å². The van der Waals surface area contributed by atoms with Crippen LogP contribution >= 0.6 is 0 Å². The quantitative estimate of drug-likeness (QED) is 0.714. The molecular weight excluding hydrogens is 284 g/mol. The van der Waals surface area contributed by atoms with Crippen LogP contribution in [0, 0.1) is 0 Å². The first-order valence-electron chi connectivity index (χ1n) is 8.05. The average molecular weight is 306 g/mol. The van der Waals surface area contributed by atoms with Crippen LogP contribution in [0.1, 0.15) is 26.3 Å². The van der Waals surface area contributed by atoms with E-state index in [1.807, 2.05) is 24.3 Å². The van der Waals surface area contributed by atoms with Gasteiger partial charge >= 0.3 is 0 Å². The van der Waals surface area contributed by atoms with E-state index >= 15 is 0 Å². The zero-order chi connectivity index (χ0) is 16.2. The first kappa shape index (κ1) is 15.3. The standard InChI is InChI=1S/C19H22N4/c1-4-14-9-11-15(12-10-14)21-19-22-17-8-6-5-7-16(17)18(23-19)20-13(2)3/h5-13H,4H2,1-3H3,(H2,20,21,22,23). The minimum Gasteiger partial charge on any atom is -0.367 e. The van der Waals surface area contributed by atoms with E-state index in [1.165, 1.54) is 5.56 Å². The summed E-state index contributed by atoms with van der Waals surface area (Å²) in [6.45, 7) is 6.36. The first-order valence-corrected chi connectivity index (χ1v) is 8.05. The summed E-state index contributed by atoms with van der Waals surface area (Å²) in [5, 5.41) is 7.74.